The summed E-state index contributed by atoms with van der Waals surface area (Å²) in [6, 6.07) is 24.4. The third-order valence-electron chi connectivity index (χ3n) is 4.85. The molecular weight excluding hydrogens is 380 g/mol. The number of hydrogen-bond donors (Lipinski definition) is 2. The zero-order valence-electron chi connectivity index (χ0n) is 16.3. The van der Waals surface area contributed by atoms with Crippen LogP contribution in [0.1, 0.15) is 27.9 Å². The van der Waals surface area contributed by atoms with Gasteiger partial charge in [0.1, 0.15) is 5.75 Å². The highest BCUT2D eigenvalue weighted by molar-refractivity contribution is 6.00. The van der Waals surface area contributed by atoms with E-state index in [0.29, 0.717) is 23.4 Å². The number of nitrogens with one attached hydrogen (secondary N) is 2. The van der Waals surface area contributed by atoms with Gasteiger partial charge in [-0.25, -0.2) is 5.48 Å². The van der Waals surface area contributed by atoms with Crippen molar-refractivity contribution in [3.63, 3.8) is 0 Å². The molecule has 6 nitrogen and oxygen atoms in total. The predicted molar refractivity (Wildman–Crippen MR) is 113 cm³/mol. The van der Waals surface area contributed by atoms with Gasteiger partial charge in [-0.2, -0.15) is 0 Å². The molecule has 6 heteroatoms. The summed E-state index contributed by atoms with van der Waals surface area (Å²) < 4.78 is 5.90. The Morgan fingerprint density at radius 3 is 2.40 bits per heavy atom. The highest BCUT2D eigenvalue weighted by Crippen LogP contribution is 2.31. The normalized spacial score (nSPS) is 14.9. The fourth-order valence-corrected chi connectivity index (χ4v) is 3.23. The molecule has 2 N–H and O–H groups in total. The van der Waals surface area contributed by atoms with E-state index in [0.717, 1.165) is 17.5 Å². The first kappa shape index (κ1) is 19.7. The summed E-state index contributed by atoms with van der Waals surface area (Å²) in [5, 5.41) is 2.85. The molecule has 2 amide bonds. The molecule has 3 aromatic carbocycles. The van der Waals surface area contributed by atoms with Gasteiger partial charge in [0.05, 0.1) is 12.3 Å². The van der Waals surface area contributed by atoms with Crippen LogP contribution in [0.4, 0.5) is 5.69 Å². The Labute approximate surface area is 174 Å². The van der Waals surface area contributed by atoms with Gasteiger partial charge < -0.3 is 10.1 Å². The molecule has 3 aromatic rings. The van der Waals surface area contributed by atoms with Gasteiger partial charge in [-0.3, -0.25) is 14.4 Å². The first-order chi connectivity index (χ1) is 14.7. The van der Waals surface area contributed by atoms with Gasteiger partial charge in [-0.1, -0.05) is 60.7 Å². The number of anilines is 1. The summed E-state index contributed by atoms with van der Waals surface area (Å²) in [5.41, 5.74) is 5.48. The molecule has 152 valence electrons. The first-order valence-electron chi connectivity index (χ1n) is 9.80. The van der Waals surface area contributed by atoms with Crippen LogP contribution >= 0.6 is 0 Å². The van der Waals surface area contributed by atoms with Crippen LogP contribution in [0, 0.1) is 0 Å². The smallest absolute Gasteiger partial charge is 0.274 e. The topological polar surface area (TPSA) is 76.7 Å². The second kappa shape index (κ2) is 9.24. The molecule has 1 unspecified atom stereocenters. The van der Waals surface area contributed by atoms with E-state index in [1.54, 1.807) is 18.2 Å². The molecule has 0 saturated carbocycles. The molecule has 1 aliphatic heterocycles. The monoisotopic (exact) mass is 402 g/mol. The zero-order chi connectivity index (χ0) is 20.8. The SMILES string of the molecule is O=C(NOCc1ccccc1)c1ccc2c(c1)OC(CCc1ccccc1)C(=O)N2. The molecule has 1 atom stereocenters. The summed E-state index contributed by atoms with van der Waals surface area (Å²) in [6.45, 7) is 0.269. The van der Waals surface area contributed by atoms with Crippen molar-refractivity contribution >= 4 is 17.5 Å². The van der Waals surface area contributed by atoms with Gasteiger partial charge in [-0.15, -0.1) is 0 Å². The zero-order valence-corrected chi connectivity index (χ0v) is 16.3. The summed E-state index contributed by atoms with van der Waals surface area (Å²) >= 11 is 0. The molecule has 0 aromatic heterocycles. The van der Waals surface area contributed by atoms with E-state index in [4.69, 9.17) is 9.57 Å². The third kappa shape index (κ3) is 4.85. The third-order valence-corrected chi connectivity index (χ3v) is 4.85. The first-order valence-corrected chi connectivity index (χ1v) is 9.80. The maximum atomic E-state index is 12.4. The Morgan fingerprint density at radius 2 is 1.67 bits per heavy atom. The van der Waals surface area contributed by atoms with Crippen LogP contribution in [-0.2, 0) is 22.7 Å². The lowest BCUT2D eigenvalue weighted by molar-refractivity contribution is -0.123. The van der Waals surface area contributed by atoms with E-state index in [2.05, 4.69) is 10.8 Å². The molecule has 0 aliphatic carbocycles. The Hall–Kier alpha value is -3.64. The number of benzene rings is 3. The van der Waals surface area contributed by atoms with Crippen LogP contribution in [0.2, 0.25) is 0 Å². The highest BCUT2D eigenvalue weighted by Gasteiger charge is 2.28. The number of hydrogen-bond acceptors (Lipinski definition) is 4. The Bertz CT molecular complexity index is 1020. The Balaban J connectivity index is 1.36. The lowest BCUT2D eigenvalue weighted by Gasteiger charge is -2.26. The Morgan fingerprint density at radius 1 is 0.967 bits per heavy atom. The Kier molecular flexibility index (Phi) is 6.06. The molecule has 1 heterocycles. The minimum atomic E-state index is -0.606. The van der Waals surface area contributed by atoms with Gasteiger partial charge in [0.15, 0.2) is 6.10 Å². The van der Waals surface area contributed by atoms with E-state index in [-0.39, 0.29) is 18.4 Å². The van der Waals surface area contributed by atoms with Crippen molar-refractivity contribution in [3.8, 4) is 5.75 Å². The summed E-state index contributed by atoms with van der Waals surface area (Å²) in [7, 11) is 0. The number of ether oxygens (including phenoxy) is 1. The van der Waals surface area contributed by atoms with Crippen LogP contribution in [0.15, 0.2) is 78.9 Å². The second-order valence-electron chi connectivity index (χ2n) is 7.04. The minimum Gasteiger partial charge on any atom is -0.478 e. The van der Waals surface area contributed by atoms with Crippen molar-refractivity contribution in [3.05, 3.63) is 95.6 Å². The number of hydroxylamine groups is 1. The van der Waals surface area contributed by atoms with E-state index in [1.807, 2.05) is 60.7 Å². The predicted octanol–water partition coefficient (Wildman–Crippen LogP) is 3.88. The quantitative estimate of drug-likeness (QED) is 0.588. The van der Waals surface area contributed by atoms with Crippen LogP contribution < -0.4 is 15.5 Å². The molecule has 0 fully saturated rings. The minimum absolute atomic E-state index is 0.179. The maximum Gasteiger partial charge on any atom is 0.274 e. The van der Waals surface area contributed by atoms with Gasteiger partial charge in [0.2, 0.25) is 0 Å². The van der Waals surface area contributed by atoms with Gasteiger partial charge in [0, 0.05) is 5.56 Å². The number of carbonyl (C=O) groups excluding carboxylic acids is 2. The van der Waals surface area contributed by atoms with Gasteiger partial charge >= 0.3 is 0 Å². The molecular formula is C24H22N2O4. The van der Waals surface area contributed by atoms with Gasteiger partial charge in [-0.05, 0) is 42.2 Å². The number of carbonyl (C=O) groups is 2. The largest absolute Gasteiger partial charge is 0.478 e. The lowest BCUT2D eigenvalue weighted by Crippen LogP contribution is -2.37. The average Bonchev–Trinajstić information content (AvgIpc) is 2.78. The van der Waals surface area contributed by atoms with Crippen molar-refractivity contribution in [1.82, 2.24) is 5.48 Å². The molecule has 30 heavy (non-hydrogen) atoms. The van der Waals surface area contributed by atoms with Crippen LogP contribution in [0.25, 0.3) is 0 Å². The summed E-state index contributed by atoms with van der Waals surface area (Å²) in [6.07, 6.45) is 0.665. The van der Waals surface area contributed by atoms with Crippen molar-refractivity contribution in [2.75, 3.05) is 5.32 Å². The van der Waals surface area contributed by atoms with Crippen molar-refractivity contribution in [2.45, 2.75) is 25.6 Å². The van der Waals surface area contributed by atoms with Gasteiger partial charge in [0.25, 0.3) is 11.8 Å². The van der Waals surface area contributed by atoms with Crippen molar-refractivity contribution < 1.29 is 19.2 Å². The fourth-order valence-electron chi connectivity index (χ4n) is 3.23. The molecule has 1 aliphatic rings. The molecule has 0 radical (unpaired) electrons. The lowest BCUT2D eigenvalue weighted by atomic mass is 10.0. The van der Waals surface area contributed by atoms with Crippen molar-refractivity contribution in [2.24, 2.45) is 0 Å². The molecule has 0 spiro atoms. The summed E-state index contributed by atoms with van der Waals surface area (Å²) in [5.74, 6) is -0.0831. The van der Waals surface area contributed by atoms with Crippen LogP contribution in [0.5, 0.6) is 5.75 Å². The van der Waals surface area contributed by atoms with E-state index >= 15 is 0 Å². The standard InChI is InChI=1S/C24H22N2O4/c27-23(26-29-16-18-9-5-2-6-10-18)19-12-13-20-22(15-19)30-21(24(28)25-20)14-11-17-7-3-1-4-8-17/h1-10,12-13,15,21H,11,14,16H2,(H,25,28)(H,26,27). The number of fused-ring (bicyclic) bond motifs is 1. The molecule has 4 rings (SSSR count). The maximum absolute atomic E-state index is 12.4. The van der Waals surface area contributed by atoms with E-state index in [1.165, 1.54) is 0 Å². The van der Waals surface area contributed by atoms with Crippen LogP contribution in [0.3, 0.4) is 0 Å². The number of rotatable bonds is 7. The van der Waals surface area contributed by atoms with Crippen LogP contribution in [-0.4, -0.2) is 17.9 Å². The van der Waals surface area contributed by atoms with E-state index in [9.17, 15) is 9.59 Å². The highest BCUT2D eigenvalue weighted by atomic mass is 16.6. The average molecular weight is 402 g/mol. The second-order valence-corrected chi connectivity index (χ2v) is 7.04. The fraction of sp³-hybridized carbons (Fsp3) is 0.167. The molecule has 0 bridgehead atoms. The van der Waals surface area contributed by atoms with E-state index < -0.39 is 6.10 Å². The number of amides is 2. The van der Waals surface area contributed by atoms with Crippen molar-refractivity contribution in [1.29, 1.82) is 0 Å². The number of aryl methyl sites for hydroxylation is 1. The molecule has 0 saturated heterocycles. The summed E-state index contributed by atoms with van der Waals surface area (Å²) in [4.78, 5) is 30.0.